The molecule has 0 unspecified atom stereocenters. The summed E-state index contributed by atoms with van der Waals surface area (Å²) in [7, 11) is 0. The lowest BCUT2D eigenvalue weighted by Crippen LogP contribution is -2.07. The van der Waals surface area contributed by atoms with E-state index >= 15 is 0 Å². The summed E-state index contributed by atoms with van der Waals surface area (Å²) in [4.78, 5) is 8.63. The maximum Gasteiger partial charge on any atom is 0.255 e. The smallest absolute Gasteiger partial charge is 0.220 e. The molecule has 6 heteroatoms. The molecule has 0 spiro atoms. The minimum absolute atomic E-state index is 0.656. The van der Waals surface area contributed by atoms with Crippen molar-refractivity contribution in [2.24, 2.45) is 0 Å². The highest BCUT2D eigenvalue weighted by molar-refractivity contribution is 5.34. The van der Waals surface area contributed by atoms with Crippen molar-refractivity contribution < 1.29 is 0 Å². The van der Waals surface area contributed by atoms with Gasteiger partial charge in [-0.25, -0.2) is 4.98 Å². The molecule has 19 heavy (non-hydrogen) atoms. The van der Waals surface area contributed by atoms with Gasteiger partial charge < -0.3 is 0 Å². The normalized spacial score (nSPS) is 10.8. The fourth-order valence-corrected chi connectivity index (χ4v) is 1.83. The van der Waals surface area contributed by atoms with Crippen molar-refractivity contribution >= 4 is 0 Å². The fraction of sp³-hybridized carbons (Fsp3) is 0.231. The van der Waals surface area contributed by atoms with Crippen molar-refractivity contribution in [1.82, 2.24) is 29.5 Å². The summed E-state index contributed by atoms with van der Waals surface area (Å²) in [5, 5.41) is 8.80. The van der Waals surface area contributed by atoms with Crippen LogP contribution < -0.4 is 0 Å². The Labute approximate surface area is 110 Å². The van der Waals surface area contributed by atoms with E-state index in [-0.39, 0.29) is 0 Å². The predicted octanol–water partition coefficient (Wildman–Crippen LogP) is 1.72. The number of hydrogen-bond acceptors (Lipinski definition) is 4. The van der Waals surface area contributed by atoms with Crippen molar-refractivity contribution in [1.29, 1.82) is 0 Å². The molecule has 2 aromatic heterocycles. The number of nitrogens with zero attached hydrogens (tertiary/aromatic N) is 6. The molecule has 3 rings (SSSR count). The Morgan fingerprint density at radius 2 is 1.89 bits per heavy atom. The summed E-state index contributed by atoms with van der Waals surface area (Å²) in [5.41, 5.74) is 0.956. The molecule has 0 atom stereocenters. The number of aryl methyl sites for hydroxylation is 2. The van der Waals surface area contributed by atoms with Gasteiger partial charge in [-0.2, -0.15) is 14.3 Å². The van der Waals surface area contributed by atoms with E-state index in [4.69, 9.17) is 0 Å². The van der Waals surface area contributed by atoms with E-state index < -0.39 is 0 Å². The summed E-state index contributed by atoms with van der Waals surface area (Å²) < 4.78 is 3.43. The summed E-state index contributed by atoms with van der Waals surface area (Å²) in [6.45, 7) is 3.88. The third-order valence-corrected chi connectivity index (χ3v) is 2.76. The molecule has 3 aromatic rings. The molecular formula is C13H14N6. The van der Waals surface area contributed by atoms with Crippen LogP contribution in [0.1, 0.15) is 18.6 Å². The fourth-order valence-electron chi connectivity index (χ4n) is 1.83. The molecule has 96 valence electrons. The van der Waals surface area contributed by atoms with Gasteiger partial charge in [0, 0.05) is 6.42 Å². The first-order valence-electron chi connectivity index (χ1n) is 6.18. The van der Waals surface area contributed by atoms with Gasteiger partial charge in [-0.3, -0.25) is 0 Å². The van der Waals surface area contributed by atoms with Gasteiger partial charge in [0.05, 0.1) is 5.69 Å². The van der Waals surface area contributed by atoms with Crippen LogP contribution >= 0.6 is 0 Å². The van der Waals surface area contributed by atoms with Gasteiger partial charge in [0.15, 0.2) is 5.82 Å². The lowest BCUT2D eigenvalue weighted by atomic mass is 10.3. The molecule has 6 nitrogen and oxygen atoms in total. The van der Waals surface area contributed by atoms with Crippen LogP contribution in [0.5, 0.6) is 0 Å². The van der Waals surface area contributed by atoms with Crippen molar-refractivity contribution in [3.63, 3.8) is 0 Å². The van der Waals surface area contributed by atoms with E-state index in [2.05, 4.69) is 20.2 Å². The van der Waals surface area contributed by atoms with E-state index in [1.165, 1.54) is 0 Å². The molecule has 0 bridgehead atoms. The zero-order valence-corrected chi connectivity index (χ0v) is 10.9. The van der Waals surface area contributed by atoms with Crippen molar-refractivity contribution in [2.45, 2.75) is 20.3 Å². The van der Waals surface area contributed by atoms with Crippen LogP contribution in [-0.2, 0) is 6.42 Å². The molecule has 0 aliphatic rings. The molecular weight excluding hydrogens is 240 g/mol. The van der Waals surface area contributed by atoms with Crippen LogP contribution in [-0.4, -0.2) is 29.5 Å². The average Bonchev–Trinajstić information content (AvgIpc) is 3.05. The highest BCUT2D eigenvalue weighted by Gasteiger charge is 2.13. The maximum absolute atomic E-state index is 4.50. The van der Waals surface area contributed by atoms with Crippen LogP contribution in [0, 0.1) is 6.92 Å². The van der Waals surface area contributed by atoms with Crippen molar-refractivity contribution in [2.75, 3.05) is 0 Å². The Kier molecular flexibility index (Phi) is 2.83. The van der Waals surface area contributed by atoms with E-state index in [9.17, 15) is 0 Å². The first kappa shape index (κ1) is 11.6. The zero-order chi connectivity index (χ0) is 13.2. The molecule has 0 saturated heterocycles. The van der Waals surface area contributed by atoms with Crippen molar-refractivity contribution in [3.8, 4) is 11.6 Å². The van der Waals surface area contributed by atoms with Crippen molar-refractivity contribution in [3.05, 3.63) is 48.3 Å². The lowest BCUT2D eigenvalue weighted by molar-refractivity contribution is 0.742. The van der Waals surface area contributed by atoms with Crippen LogP contribution in [0.25, 0.3) is 11.6 Å². The first-order chi connectivity index (χ1) is 9.28. The Morgan fingerprint density at radius 1 is 1.11 bits per heavy atom. The molecule has 0 aliphatic heterocycles. The number of hydrogen-bond donors (Lipinski definition) is 0. The summed E-state index contributed by atoms with van der Waals surface area (Å²) in [6, 6.07) is 9.89. The third-order valence-electron chi connectivity index (χ3n) is 2.76. The standard InChI is InChI=1S/C13H14N6/c1-3-12-15-13(18-9-14-10(2)16-18)19(17-12)11-7-5-4-6-8-11/h4-9H,3H2,1-2H3. The second kappa shape index (κ2) is 4.64. The highest BCUT2D eigenvalue weighted by atomic mass is 15.5. The highest BCUT2D eigenvalue weighted by Crippen LogP contribution is 2.12. The topological polar surface area (TPSA) is 61.4 Å². The van der Waals surface area contributed by atoms with Crippen LogP contribution in [0.4, 0.5) is 0 Å². The summed E-state index contributed by atoms with van der Waals surface area (Å²) >= 11 is 0. The van der Waals surface area contributed by atoms with Gasteiger partial charge in [0.25, 0.3) is 5.95 Å². The molecule has 0 fully saturated rings. The van der Waals surface area contributed by atoms with Crippen LogP contribution in [0.15, 0.2) is 36.7 Å². The molecule has 0 N–H and O–H groups in total. The molecule has 2 heterocycles. The van der Waals surface area contributed by atoms with Gasteiger partial charge in [-0.15, -0.1) is 10.2 Å². The van der Waals surface area contributed by atoms with Crippen LogP contribution in [0.2, 0.25) is 0 Å². The number of para-hydroxylation sites is 1. The van der Waals surface area contributed by atoms with Gasteiger partial charge in [-0.1, -0.05) is 25.1 Å². The maximum atomic E-state index is 4.50. The first-order valence-corrected chi connectivity index (χ1v) is 6.18. The average molecular weight is 254 g/mol. The summed E-state index contributed by atoms with van der Waals surface area (Å²) in [6.07, 6.45) is 2.43. The molecule has 0 radical (unpaired) electrons. The molecule has 0 saturated carbocycles. The van der Waals surface area contributed by atoms with Gasteiger partial charge in [0.2, 0.25) is 0 Å². The third kappa shape index (κ3) is 2.12. The number of benzene rings is 1. The second-order valence-corrected chi connectivity index (χ2v) is 4.17. The summed E-state index contributed by atoms with van der Waals surface area (Å²) in [5.74, 6) is 2.15. The zero-order valence-electron chi connectivity index (χ0n) is 10.9. The SMILES string of the molecule is CCc1nc(-n2cnc(C)n2)n(-c2ccccc2)n1. The Morgan fingerprint density at radius 3 is 2.53 bits per heavy atom. The van der Waals surface area contributed by atoms with Gasteiger partial charge >= 0.3 is 0 Å². The number of rotatable bonds is 3. The van der Waals surface area contributed by atoms with Crippen LogP contribution in [0.3, 0.4) is 0 Å². The Balaban J connectivity index is 2.16. The van der Waals surface area contributed by atoms with E-state index in [0.29, 0.717) is 11.8 Å². The second-order valence-electron chi connectivity index (χ2n) is 4.17. The predicted molar refractivity (Wildman–Crippen MR) is 70.4 cm³/mol. The monoisotopic (exact) mass is 254 g/mol. The van der Waals surface area contributed by atoms with E-state index in [0.717, 1.165) is 17.9 Å². The minimum atomic E-state index is 0.656. The number of aromatic nitrogens is 6. The minimum Gasteiger partial charge on any atom is -0.220 e. The quantitative estimate of drug-likeness (QED) is 0.714. The van der Waals surface area contributed by atoms with Gasteiger partial charge in [-0.05, 0) is 19.1 Å². The Hall–Kier alpha value is -2.50. The molecule has 0 aliphatic carbocycles. The van der Waals surface area contributed by atoms with E-state index in [1.54, 1.807) is 15.7 Å². The molecule has 0 amide bonds. The Bertz CT molecular complexity index is 682. The van der Waals surface area contributed by atoms with Gasteiger partial charge in [0.1, 0.15) is 12.2 Å². The lowest BCUT2D eigenvalue weighted by Gasteiger charge is -2.04. The molecule has 1 aromatic carbocycles. The largest absolute Gasteiger partial charge is 0.255 e. The van der Waals surface area contributed by atoms with E-state index in [1.807, 2.05) is 44.2 Å².